The Morgan fingerprint density at radius 3 is 2.25 bits per heavy atom. The Bertz CT molecular complexity index is 677. The average molecular weight is 328 g/mol. The van der Waals surface area contributed by atoms with Crippen LogP contribution in [0.3, 0.4) is 0 Å². The van der Waals surface area contributed by atoms with Crippen LogP contribution in [0.1, 0.15) is 11.1 Å². The maximum absolute atomic E-state index is 13.3. The van der Waals surface area contributed by atoms with E-state index in [9.17, 15) is 8.78 Å². The highest BCUT2D eigenvalue weighted by Crippen LogP contribution is 2.13. The van der Waals surface area contributed by atoms with Crippen LogP contribution < -0.4 is 0 Å². The second kappa shape index (κ2) is 8.18. The van der Waals surface area contributed by atoms with Crippen molar-refractivity contribution in [1.29, 1.82) is 0 Å². The largest absolute Gasteiger partial charge is 0.297 e. The van der Waals surface area contributed by atoms with Crippen molar-refractivity contribution in [3.63, 3.8) is 0 Å². The minimum atomic E-state index is -0.784. The van der Waals surface area contributed by atoms with Gasteiger partial charge in [-0.1, -0.05) is 48.6 Å². The molecular weight excluding hydrogens is 306 g/mol. The summed E-state index contributed by atoms with van der Waals surface area (Å²) in [6, 6.07) is 14.4. The van der Waals surface area contributed by atoms with E-state index in [1.54, 1.807) is 6.07 Å². The number of hydrogen-bond donors (Lipinski definition) is 0. The third kappa shape index (κ3) is 4.73. The molecule has 1 heterocycles. The van der Waals surface area contributed by atoms with Gasteiger partial charge in [-0.15, -0.1) is 0 Å². The molecular formula is C20H22F2N2. The molecule has 0 atom stereocenters. The van der Waals surface area contributed by atoms with Crippen LogP contribution in [0.2, 0.25) is 0 Å². The van der Waals surface area contributed by atoms with Crippen molar-refractivity contribution in [1.82, 2.24) is 9.80 Å². The zero-order valence-electron chi connectivity index (χ0n) is 13.7. The first kappa shape index (κ1) is 16.8. The Hall–Kier alpha value is -2.04. The summed E-state index contributed by atoms with van der Waals surface area (Å²) >= 11 is 0. The Balaban J connectivity index is 1.44. The molecule has 2 aromatic rings. The molecule has 1 fully saturated rings. The molecule has 4 heteroatoms. The quantitative estimate of drug-likeness (QED) is 0.824. The van der Waals surface area contributed by atoms with Crippen LogP contribution in [0.4, 0.5) is 8.78 Å². The summed E-state index contributed by atoms with van der Waals surface area (Å²) in [5.41, 5.74) is 2.04. The SMILES string of the molecule is Fc1ccc(CN2CCN(CC=Cc3ccccc3)CC2)cc1F. The summed E-state index contributed by atoms with van der Waals surface area (Å²) in [4.78, 5) is 4.69. The molecule has 0 saturated carbocycles. The smallest absolute Gasteiger partial charge is 0.159 e. The molecule has 1 saturated heterocycles. The fourth-order valence-electron chi connectivity index (χ4n) is 2.93. The second-order valence-electron chi connectivity index (χ2n) is 6.14. The van der Waals surface area contributed by atoms with Gasteiger partial charge in [0.15, 0.2) is 11.6 Å². The average Bonchev–Trinajstić information content (AvgIpc) is 2.61. The lowest BCUT2D eigenvalue weighted by atomic mass is 10.2. The maximum atomic E-state index is 13.3. The summed E-state index contributed by atoms with van der Waals surface area (Å²) < 4.78 is 26.2. The van der Waals surface area contributed by atoms with Crippen LogP contribution in [0.15, 0.2) is 54.6 Å². The molecule has 0 spiro atoms. The molecule has 0 bridgehead atoms. The lowest BCUT2D eigenvalue weighted by molar-refractivity contribution is 0.137. The van der Waals surface area contributed by atoms with Crippen LogP contribution in [-0.4, -0.2) is 42.5 Å². The first-order valence-corrected chi connectivity index (χ1v) is 8.31. The van der Waals surface area contributed by atoms with Gasteiger partial charge in [0.1, 0.15) is 0 Å². The van der Waals surface area contributed by atoms with Crippen LogP contribution in [-0.2, 0) is 6.54 Å². The lowest BCUT2D eigenvalue weighted by Crippen LogP contribution is -2.45. The van der Waals surface area contributed by atoms with Gasteiger partial charge in [0.05, 0.1) is 0 Å². The van der Waals surface area contributed by atoms with Crippen molar-refractivity contribution in [3.8, 4) is 0 Å². The van der Waals surface area contributed by atoms with Gasteiger partial charge >= 0.3 is 0 Å². The van der Waals surface area contributed by atoms with E-state index in [-0.39, 0.29) is 0 Å². The van der Waals surface area contributed by atoms with Crippen LogP contribution >= 0.6 is 0 Å². The first-order valence-electron chi connectivity index (χ1n) is 8.31. The summed E-state index contributed by atoms with van der Waals surface area (Å²) in [6.07, 6.45) is 4.34. The van der Waals surface area contributed by atoms with Gasteiger partial charge in [-0.25, -0.2) is 8.78 Å². The highest BCUT2D eigenvalue weighted by molar-refractivity contribution is 5.48. The fraction of sp³-hybridized carbons (Fsp3) is 0.300. The molecule has 0 unspecified atom stereocenters. The molecule has 0 N–H and O–H groups in total. The number of halogens is 2. The van der Waals surface area contributed by atoms with Gasteiger partial charge in [0, 0.05) is 39.3 Å². The first-order chi connectivity index (χ1) is 11.7. The molecule has 0 aromatic heterocycles. The topological polar surface area (TPSA) is 6.48 Å². The van der Waals surface area contributed by atoms with E-state index in [0.29, 0.717) is 6.54 Å². The second-order valence-corrected chi connectivity index (χ2v) is 6.14. The van der Waals surface area contributed by atoms with Crippen molar-refractivity contribution in [2.75, 3.05) is 32.7 Å². The van der Waals surface area contributed by atoms with E-state index in [0.717, 1.165) is 38.3 Å². The number of benzene rings is 2. The zero-order valence-corrected chi connectivity index (χ0v) is 13.7. The van der Waals surface area contributed by atoms with E-state index in [4.69, 9.17) is 0 Å². The molecule has 24 heavy (non-hydrogen) atoms. The summed E-state index contributed by atoms with van der Waals surface area (Å²) in [5.74, 6) is -1.55. The molecule has 1 aliphatic rings. The molecule has 0 radical (unpaired) electrons. The Kier molecular flexibility index (Phi) is 5.72. The standard InChI is InChI=1S/C20H22F2N2/c21-19-9-8-18(15-20(19)22)16-24-13-11-23(12-14-24)10-4-7-17-5-2-1-3-6-17/h1-9,15H,10-14,16H2. The molecule has 3 rings (SSSR count). The number of hydrogen-bond acceptors (Lipinski definition) is 2. The minimum absolute atomic E-state index is 0.672. The van der Waals surface area contributed by atoms with Crippen molar-refractivity contribution < 1.29 is 8.78 Å². The summed E-state index contributed by atoms with van der Waals surface area (Å²) in [7, 11) is 0. The molecule has 2 aromatic carbocycles. The third-order valence-electron chi connectivity index (χ3n) is 4.33. The van der Waals surface area contributed by atoms with Crippen molar-refractivity contribution >= 4 is 6.08 Å². The van der Waals surface area contributed by atoms with E-state index in [2.05, 4.69) is 34.1 Å². The Morgan fingerprint density at radius 1 is 0.833 bits per heavy atom. The molecule has 2 nitrogen and oxygen atoms in total. The number of rotatable bonds is 5. The molecule has 0 aliphatic carbocycles. The molecule has 1 aliphatic heterocycles. The highest BCUT2D eigenvalue weighted by atomic mass is 19.2. The monoisotopic (exact) mass is 328 g/mol. The van der Waals surface area contributed by atoms with Crippen molar-refractivity contribution in [3.05, 3.63) is 77.4 Å². The van der Waals surface area contributed by atoms with E-state index < -0.39 is 11.6 Å². The van der Waals surface area contributed by atoms with Crippen molar-refractivity contribution in [2.45, 2.75) is 6.54 Å². The maximum Gasteiger partial charge on any atom is 0.159 e. The van der Waals surface area contributed by atoms with Gasteiger partial charge in [-0.05, 0) is 23.3 Å². The van der Waals surface area contributed by atoms with E-state index in [1.807, 2.05) is 18.2 Å². The summed E-state index contributed by atoms with van der Waals surface area (Å²) in [5, 5.41) is 0. The van der Waals surface area contributed by atoms with Crippen LogP contribution in [0.5, 0.6) is 0 Å². The third-order valence-corrected chi connectivity index (χ3v) is 4.33. The van der Waals surface area contributed by atoms with Gasteiger partial charge in [-0.3, -0.25) is 9.80 Å². The predicted octanol–water partition coefficient (Wildman–Crippen LogP) is 3.80. The number of piperazine rings is 1. The van der Waals surface area contributed by atoms with Gasteiger partial charge in [0.2, 0.25) is 0 Å². The predicted molar refractivity (Wildman–Crippen MR) is 93.6 cm³/mol. The summed E-state index contributed by atoms with van der Waals surface area (Å²) in [6.45, 7) is 5.47. The van der Waals surface area contributed by atoms with Crippen LogP contribution in [0.25, 0.3) is 6.08 Å². The minimum Gasteiger partial charge on any atom is -0.297 e. The number of nitrogens with zero attached hydrogens (tertiary/aromatic N) is 2. The Morgan fingerprint density at radius 2 is 1.54 bits per heavy atom. The molecule has 126 valence electrons. The normalized spacial score (nSPS) is 16.8. The van der Waals surface area contributed by atoms with Gasteiger partial charge < -0.3 is 0 Å². The zero-order chi connectivity index (χ0) is 16.8. The van der Waals surface area contributed by atoms with Crippen molar-refractivity contribution in [2.24, 2.45) is 0 Å². The van der Waals surface area contributed by atoms with E-state index >= 15 is 0 Å². The highest BCUT2D eigenvalue weighted by Gasteiger charge is 2.16. The van der Waals surface area contributed by atoms with Gasteiger partial charge in [-0.2, -0.15) is 0 Å². The Labute approximate surface area is 142 Å². The van der Waals surface area contributed by atoms with Gasteiger partial charge in [0.25, 0.3) is 0 Å². The lowest BCUT2D eigenvalue weighted by Gasteiger charge is -2.34. The molecule has 0 amide bonds. The van der Waals surface area contributed by atoms with Crippen LogP contribution in [0, 0.1) is 11.6 Å². The fourth-order valence-corrected chi connectivity index (χ4v) is 2.93. The van der Waals surface area contributed by atoms with E-state index in [1.165, 1.54) is 17.7 Å².